The van der Waals surface area contributed by atoms with Crippen molar-refractivity contribution in [3.8, 4) is 5.75 Å². The number of nitro groups is 1. The molecule has 0 fully saturated rings. The largest absolute Gasteiger partial charge is 0.497 e. The highest BCUT2D eigenvalue weighted by Crippen LogP contribution is 2.23. The van der Waals surface area contributed by atoms with Crippen molar-refractivity contribution < 1.29 is 9.66 Å². The minimum absolute atomic E-state index is 0.0965. The van der Waals surface area contributed by atoms with E-state index in [-0.39, 0.29) is 5.69 Å². The molecule has 0 aliphatic heterocycles. The number of nitrogens with zero attached hydrogens (tertiary/aromatic N) is 4. The van der Waals surface area contributed by atoms with E-state index in [1.54, 1.807) is 31.0 Å². The predicted octanol–water partition coefficient (Wildman–Crippen LogP) is 3.62. The van der Waals surface area contributed by atoms with E-state index >= 15 is 0 Å². The van der Waals surface area contributed by atoms with Crippen molar-refractivity contribution in [3.63, 3.8) is 0 Å². The highest BCUT2D eigenvalue weighted by atomic mass is 32.2. The van der Waals surface area contributed by atoms with Gasteiger partial charge in [-0.1, -0.05) is 36.0 Å². The van der Waals surface area contributed by atoms with Crippen molar-refractivity contribution in [2.45, 2.75) is 17.3 Å². The highest BCUT2D eigenvalue weighted by molar-refractivity contribution is 7.98. The van der Waals surface area contributed by atoms with Crippen molar-refractivity contribution in [2.24, 2.45) is 7.05 Å². The second-order valence-electron chi connectivity index (χ2n) is 5.69. The van der Waals surface area contributed by atoms with E-state index < -0.39 is 4.92 Å². The van der Waals surface area contributed by atoms with Gasteiger partial charge in [0.2, 0.25) is 0 Å². The average Bonchev–Trinajstić information content (AvgIpc) is 3.00. The molecule has 0 N–H and O–H groups in total. The first-order valence-corrected chi connectivity index (χ1v) is 8.92. The van der Waals surface area contributed by atoms with Gasteiger partial charge in [0.05, 0.1) is 12.0 Å². The maximum atomic E-state index is 10.7. The fourth-order valence-electron chi connectivity index (χ4n) is 2.41. The van der Waals surface area contributed by atoms with Crippen LogP contribution in [-0.4, -0.2) is 26.8 Å². The molecular weight excluding hydrogens is 352 g/mol. The van der Waals surface area contributed by atoms with Gasteiger partial charge in [-0.2, -0.15) is 0 Å². The molecule has 1 aromatic heterocycles. The molecule has 1 heterocycles. The Balaban J connectivity index is 1.63. The van der Waals surface area contributed by atoms with Gasteiger partial charge in [-0.15, -0.1) is 10.2 Å². The quantitative estimate of drug-likeness (QED) is 0.359. The Kier molecular flexibility index (Phi) is 5.52. The fraction of sp³-hybridized carbons (Fsp3) is 0.222. The third-order valence-electron chi connectivity index (χ3n) is 3.96. The molecule has 0 saturated carbocycles. The SMILES string of the molecule is COc1ccc(Cc2nnc(SCc3ccc([N+](=O)[O-])cc3)n2C)cc1. The van der Waals surface area contributed by atoms with Crippen molar-refractivity contribution >= 4 is 17.4 Å². The van der Waals surface area contributed by atoms with Crippen LogP contribution in [0.15, 0.2) is 53.7 Å². The van der Waals surface area contributed by atoms with Gasteiger partial charge in [0.1, 0.15) is 11.6 Å². The van der Waals surface area contributed by atoms with Crippen LogP contribution in [0.5, 0.6) is 5.75 Å². The summed E-state index contributed by atoms with van der Waals surface area (Å²) in [6.45, 7) is 0. The second-order valence-corrected chi connectivity index (χ2v) is 6.64. The number of ether oxygens (including phenoxy) is 1. The van der Waals surface area contributed by atoms with Crippen LogP contribution < -0.4 is 4.74 Å². The Morgan fingerprint density at radius 3 is 2.35 bits per heavy atom. The summed E-state index contributed by atoms with van der Waals surface area (Å²) >= 11 is 1.55. The fourth-order valence-corrected chi connectivity index (χ4v) is 3.30. The molecule has 0 aliphatic carbocycles. The normalized spacial score (nSPS) is 10.7. The van der Waals surface area contributed by atoms with E-state index in [0.29, 0.717) is 12.2 Å². The molecule has 0 bridgehead atoms. The Morgan fingerprint density at radius 2 is 1.73 bits per heavy atom. The molecule has 0 atom stereocenters. The van der Waals surface area contributed by atoms with E-state index in [9.17, 15) is 10.1 Å². The zero-order valence-corrected chi connectivity index (χ0v) is 15.3. The third kappa shape index (κ3) is 4.20. The average molecular weight is 370 g/mol. The van der Waals surface area contributed by atoms with Crippen molar-refractivity contribution in [1.29, 1.82) is 0 Å². The third-order valence-corrected chi connectivity index (χ3v) is 5.05. The van der Waals surface area contributed by atoms with E-state index in [2.05, 4.69) is 10.2 Å². The lowest BCUT2D eigenvalue weighted by Gasteiger charge is -2.05. The first-order valence-electron chi connectivity index (χ1n) is 7.94. The van der Waals surface area contributed by atoms with Crippen LogP contribution in [-0.2, 0) is 19.2 Å². The minimum atomic E-state index is -0.398. The molecule has 26 heavy (non-hydrogen) atoms. The summed E-state index contributed by atoms with van der Waals surface area (Å²) in [5.41, 5.74) is 2.23. The van der Waals surface area contributed by atoms with Crippen LogP contribution in [0.4, 0.5) is 5.69 Å². The summed E-state index contributed by atoms with van der Waals surface area (Å²) in [6, 6.07) is 14.4. The minimum Gasteiger partial charge on any atom is -0.497 e. The number of rotatable bonds is 7. The molecule has 7 nitrogen and oxygen atoms in total. The summed E-state index contributed by atoms with van der Waals surface area (Å²) in [7, 11) is 3.59. The Labute approximate surface area is 155 Å². The Bertz CT molecular complexity index is 892. The van der Waals surface area contributed by atoms with E-state index in [1.165, 1.54) is 12.1 Å². The van der Waals surface area contributed by atoms with Crippen LogP contribution in [0, 0.1) is 10.1 Å². The van der Waals surface area contributed by atoms with Crippen LogP contribution in [0.1, 0.15) is 17.0 Å². The van der Waals surface area contributed by atoms with Gasteiger partial charge < -0.3 is 9.30 Å². The van der Waals surface area contributed by atoms with Gasteiger partial charge in [-0.05, 0) is 23.3 Å². The first-order chi connectivity index (χ1) is 12.6. The van der Waals surface area contributed by atoms with Gasteiger partial charge in [0, 0.05) is 31.4 Å². The molecule has 8 heteroatoms. The summed E-state index contributed by atoms with van der Waals surface area (Å²) < 4.78 is 7.14. The topological polar surface area (TPSA) is 83.1 Å². The predicted molar refractivity (Wildman–Crippen MR) is 99.5 cm³/mol. The number of methoxy groups -OCH3 is 1. The smallest absolute Gasteiger partial charge is 0.269 e. The number of hydrogen-bond acceptors (Lipinski definition) is 6. The maximum Gasteiger partial charge on any atom is 0.269 e. The molecule has 2 aromatic carbocycles. The summed E-state index contributed by atoms with van der Waals surface area (Å²) in [4.78, 5) is 10.3. The number of aromatic nitrogens is 3. The molecular formula is C18H18N4O3S. The number of nitro benzene ring substituents is 1. The Morgan fingerprint density at radius 1 is 1.08 bits per heavy atom. The van der Waals surface area contributed by atoms with Gasteiger partial charge in [0.25, 0.3) is 5.69 Å². The highest BCUT2D eigenvalue weighted by Gasteiger charge is 2.11. The lowest BCUT2D eigenvalue weighted by molar-refractivity contribution is -0.384. The van der Waals surface area contributed by atoms with Crippen LogP contribution >= 0.6 is 11.8 Å². The molecule has 3 aromatic rings. The van der Waals surface area contributed by atoms with Gasteiger partial charge in [0.15, 0.2) is 5.16 Å². The van der Waals surface area contributed by atoms with E-state index in [4.69, 9.17) is 4.74 Å². The Hall–Kier alpha value is -2.87. The first kappa shape index (κ1) is 17.9. The number of hydrogen-bond donors (Lipinski definition) is 0. The lowest BCUT2D eigenvalue weighted by Crippen LogP contribution is -2.00. The van der Waals surface area contributed by atoms with E-state index in [0.717, 1.165) is 27.9 Å². The molecule has 0 aliphatic rings. The summed E-state index contributed by atoms with van der Waals surface area (Å²) in [5.74, 6) is 2.37. The molecule has 0 saturated heterocycles. The molecule has 0 unspecified atom stereocenters. The van der Waals surface area contributed by atoms with Crippen LogP contribution in [0.3, 0.4) is 0 Å². The van der Waals surface area contributed by atoms with Gasteiger partial charge in [-0.3, -0.25) is 10.1 Å². The summed E-state index contributed by atoms with van der Waals surface area (Å²) in [5, 5.41) is 20.0. The molecule has 0 amide bonds. The standard InChI is InChI=1S/C18H18N4O3S/c1-21-17(11-13-5-9-16(25-2)10-6-13)19-20-18(21)26-12-14-3-7-15(8-4-14)22(23)24/h3-10H,11-12H2,1-2H3. The zero-order valence-electron chi connectivity index (χ0n) is 14.5. The molecule has 0 radical (unpaired) electrons. The molecule has 0 spiro atoms. The molecule has 3 rings (SSSR count). The summed E-state index contributed by atoms with van der Waals surface area (Å²) in [6.07, 6.45) is 0.686. The number of benzene rings is 2. The van der Waals surface area contributed by atoms with Gasteiger partial charge >= 0.3 is 0 Å². The number of thioether (sulfide) groups is 1. The van der Waals surface area contributed by atoms with Gasteiger partial charge in [-0.25, -0.2) is 0 Å². The number of non-ortho nitro benzene ring substituents is 1. The van der Waals surface area contributed by atoms with Crippen LogP contribution in [0.25, 0.3) is 0 Å². The zero-order chi connectivity index (χ0) is 18.5. The van der Waals surface area contributed by atoms with Crippen LogP contribution in [0.2, 0.25) is 0 Å². The monoisotopic (exact) mass is 370 g/mol. The van der Waals surface area contributed by atoms with E-state index in [1.807, 2.05) is 35.9 Å². The second kappa shape index (κ2) is 8.01. The lowest BCUT2D eigenvalue weighted by atomic mass is 10.1. The van der Waals surface area contributed by atoms with Crippen molar-refractivity contribution in [2.75, 3.05) is 7.11 Å². The van der Waals surface area contributed by atoms with Crippen molar-refractivity contribution in [3.05, 3.63) is 75.6 Å². The maximum absolute atomic E-state index is 10.7. The van der Waals surface area contributed by atoms with Crippen molar-refractivity contribution in [1.82, 2.24) is 14.8 Å². The molecule has 134 valence electrons.